The highest BCUT2D eigenvalue weighted by Crippen LogP contribution is 2.26. The molecule has 0 aliphatic heterocycles. The number of carbonyl (C=O) groups excluding carboxylic acids is 2. The van der Waals surface area contributed by atoms with Gasteiger partial charge in [-0.25, -0.2) is 4.79 Å². The number of Topliss-reactive ketones (excluding diaryl/α,β-unsaturated/α-hetero) is 1. The van der Waals surface area contributed by atoms with Gasteiger partial charge in [-0.05, 0) is 10.8 Å². The molecule has 0 radical (unpaired) electrons. The Kier molecular flexibility index (Phi) is 5.17. The Morgan fingerprint density at radius 1 is 1.06 bits per heavy atom. The number of nitrogens with one attached hydrogen (secondary N) is 2. The molecule has 4 nitrogen and oxygen atoms in total. The summed E-state index contributed by atoms with van der Waals surface area (Å²) >= 11 is 0. The van der Waals surface area contributed by atoms with E-state index >= 15 is 0 Å². The average molecular weight is 242 g/mol. The Hall–Kier alpha value is -1.06. The van der Waals surface area contributed by atoms with Gasteiger partial charge in [0.15, 0.2) is 5.78 Å². The van der Waals surface area contributed by atoms with Gasteiger partial charge in [0, 0.05) is 13.5 Å². The summed E-state index contributed by atoms with van der Waals surface area (Å²) in [6.07, 6.45) is 0.457. The van der Waals surface area contributed by atoms with E-state index in [4.69, 9.17) is 0 Å². The lowest BCUT2D eigenvalue weighted by Gasteiger charge is -2.32. The van der Waals surface area contributed by atoms with Crippen LogP contribution in [0, 0.1) is 10.8 Å². The van der Waals surface area contributed by atoms with E-state index in [0.717, 1.165) is 0 Å². The summed E-state index contributed by atoms with van der Waals surface area (Å²) in [7, 11) is 1.54. The molecule has 0 heterocycles. The van der Waals surface area contributed by atoms with Gasteiger partial charge >= 0.3 is 6.03 Å². The Bertz CT molecular complexity index is 285. The number of hydrogen-bond donors (Lipinski definition) is 2. The number of urea groups is 1. The summed E-state index contributed by atoms with van der Waals surface area (Å²) in [6, 6.07) is -0.770. The molecule has 0 saturated heterocycles. The lowest BCUT2D eigenvalue weighted by Crippen LogP contribution is -2.52. The van der Waals surface area contributed by atoms with Gasteiger partial charge in [0.2, 0.25) is 0 Å². The van der Waals surface area contributed by atoms with Crippen molar-refractivity contribution in [2.45, 2.75) is 54.0 Å². The molecule has 0 aliphatic carbocycles. The molecule has 0 aromatic carbocycles. The molecule has 1 atom stereocenters. The SMILES string of the molecule is CNC(=O)N[C@@H](C(=O)CC(C)(C)C)C(C)(C)C. The molecule has 0 aromatic rings. The standard InChI is InChI=1S/C13H26N2O2/c1-12(2,3)8-9(16)10(13(4,5)6)15-11(17)14-7/h10H,8H2,1-7H3,(H2,14,15,17)/t10-/m0/s1. The van der Waals surface area contributed by atoms with Crippen LogP contribution in [0.3, 0.4) is 0 Å². The van der Waals surface area contributed by atoms with Crippen molar-refractivity contribution in [1.82, 2.24) is 10.6 Å². The summed E-state index contributed by atoms with van der Waals surface area (Å²) < 4.78 is 0. The minimum Gasteiger partial charge on any atom is -0.341 e. The van der Waals surface area contributed by atoms with Crippen LogP contribution in [0.15, 0.2) is 0 Å². The average Bonchev–Trinajstić information content (AvgIpc) is 2.08. The van der Waals surface area contributed by atoms with Gasteiger partial charge in [0.05, 0.1) is 6.04 Å². The Morgan fingerprint density at radius 3 is 1.82 bits per heavy atom. The predicted octanol–water partition coefficient (Wildman–Crippen LogP) is 2.34. The highest BCUT2D eigenvalue weighted by atomic mass is 16.2. The van der Waals surface area contributed by atoms with E-state index in [1.165, 1.54) is 0 Å². The number of hydrogen-bond acceptors (Lipinski definition) is 2. The molecule has 0 rings (SSSR count). The van der Waals surface area contributed by atoms with Gasteiger partial charge in [0.25, 0.3) is 0 Å². The van der Waals surface area contributed by atoms with E-state index in [2.05, 4.69) is 10.6 Å². The molecular formula is C13H26N2O2. The van der Waals surface area contributed by atoms with Crippen LogP contribution in [0.25, 0.3) is 0 Å². The lowest BCUT2D eigenvalue weighted by molar-refractivity contribution is -0.124. The molecule has 4 heteroatoms. The topological polar surface area (TPSA) is 58.2 Å². The van der Waals surface area contributed by atoms with Crippen LogP contribution >= 0.6 is 0 Å². The number of amides is 2. The maximum Gasteiger partial charge on any atom is 0.315 e. The second-order valence-electron chi connectivity index (χ2n) is 6.73. The molecule has 100 valence electrons. The molecule has 0 aromatic heterocycles. The van der Waals surface area contributed by atoms with E-state index in [9.17, 15) is 9.59 Å². The van der Waals surface area contributed by atoms with Crippen molar-refractivity contribution < 1.29 is 9.59 Å². The third kappa shape index (κ3) is 6.29. The first-order valence-corrected chi connectivity index (χ1v) is 5.98. The fourth-order valence-electron chi connectivity index (χ4n) is 1.61. The van der Waals surface area contributed by atoms with Crippen molar-refractivity contribution in [3.8, 4) is 0 Å². The first-order valence-electron chi connectivity index (χ1n) is 5.98. The molecule has 0 aliphatic rings. The molecule has 0 spiro atoms. The van der Waals surface area contributed by atoms with Crippen molar-refractivity contribution in [2.24, 2.45) is 10.8 Å². The quantitative estimate of drug-likeness (QED) is 0.798. The molecular weight excluding hydrogens is 216 g/mol. The minimum atomic E-state index is -0.457. The van der Waals surface area contributed by atoms with Crippen LogP contribution in [0.4, 0.5) is 4.79 Å². The highest BCUT2D eigenvalue weighted by molar-refractivity contribution is 5.89. The van der Waals surface area contributed by atoms with E-state index in [1.807, 2.05) is 41.5 Å². The summed E-state index contributed by atoms with van der Waals surface area (Å²) in [4.78, 5) is 23.6. The molecule has 2 N–H and O–H groups in total. The van der Waals surface area contributed by atoms with Crippen LogP contribution in [0.5, 0.6) is 0 Å². The van der Waals surface area contributed by atoms with Gasteiger partial charge in [0.1, 0.15) is 0 Å². The van der Waals surface area contributed by atoms with Crippen LogP contribution in [-0.4, -0.2) is 24.9 Å². The van der Waals surface area contributed by atoms with Gasteiger partial charge in [-0.15, -0.1) is 0 Å². The van der Waals surface area contributed by atoms with Crippen molar-refractivity contribution in [1.29, 1.82) is 0 Å². The Balaban J connectivity index is 4.82. The fraction of sp³-hybridized carbons (Fsp3) is 0.846. The van der Waals surface area contributed by atoms with Crippen LogP contribution < -0.4 is 10.6 Å². The zero-order valence-corrected chi connectivity index (χ0v) is 12.1. The fourth-order valence-corrected chi connectivity index (χ4v) is 1.61. The van der Waals surface area contributed by atoms with Crippen molar-refractivity contribution in [2.75, 3.05) is 7.05 Å². The van der Waals surface area contributed by atoms with E-state index in [-0.39, 0.29) is 22.6 Å². The monoisotopic (exact) mass is 242 g/mol. The van der Waals surface area contributed by atoms with Crippen LogP contribution in [-0.2, 0) is 4.79 Å². The van der Waals surface area contributed by atoms with Gasteiger partial charge in [-0.1, -0.05) is 41.5 Å². The Labute approximate surface area is 105 Å². The zero-order valence-electron chi connectivity index (χ0n) is 12.1. The Morgan fingerprint density at radius 2 is 1.53 bits per heavy atom. The van der Waals surface area contributed by atoms with Crippen molar-refractivity contribution >= 4 is 11.8 Å². The summed E-state index contributed by atoms with van der Waals surface area (Å²) in [5.74, 6) is 0.0774. The third-order valence-corrected chi connectivity index (χ3v) is 2.40. The second-order valence-corrected chi connectivity index (χ2v) is 6.73. The molecule has 17 heavy (non-hydrogen) atoms. The summed E-state index contributed by atoms with van der Waals surface area (Å²) in [5, 5.41) is 5.21. The van der Waals surface area contributed by atoms with Crippen LogP contribution in [0.1, 0.15) is 48.0 Å². The molecule has 2 amide bonds. The maximum atomic E-state index is 12.2. The van der Waals surface area contributed by atoms with Gasteiger partial charge in [-0.3, -0.25) is 4.79 Å². The van der Waals surface area contributed by atoms with Gasteiger partial charge in [-0.2, -0.15) is 0 Å². The lowest BCUT2D eigenvalue weighted by atomic mass is 9.79. The van der Waals surface area contributed by atoms with Crippen LogP contribution in [0.2, 0.25) is 0 Å². The number of rotatable bonds is 3. The van der Waals surface area contributed by atoms with E-state index in [1.54, 1.807) is 7.05 Å². The second kappa shape index (κ2) is 5.52. The van der Waals surface area contributed by atoms with Crippen molar-refractivity contribution in [3.63, 3.8) is 0 Å². The smallest absolute Gasteiger partial charge is 0.315 e. The first-order chi connectivity index (χ1) is 7.47. The molecule has 0 fully saturated rings. The molecule has 0 unspecified atom stereocenters. The largest absolute Gasteiger partial charge is 0.341 e. The van der Waals surface area contributed by atoms with E-state index in [0.29, 0.717) is 6.42 Å². The number of ketones is 1. The van der Waals surface area contributed by atoms with E-state index < -0.39 is 6.04 Å². The zero-order chi connectivity index (χ0) is 13.9. The molecule has 0 saturated carbocycles. The minimum absolute atomic E-state index is 0.0645. The highest BCUT2D eigenvalue weighted by Gasteiger charge is 2.34. The predicted molar refractivity (Wildman–Crippen MR) is 69.9 cm³/mol. The summed E-state index contributed by atoms with van der Waals surface area (Å²) in [5.41, 5.74) is -0.347. The third-order valence-electron chi connectivity index (χ3n) is 2.40. The maximum absolute atomic E-state index is 12.2. The summed E-state index contributed by atoms with van der Waals surface area (Å²) in [6.45, 7) is 11.9. The normalized spacial score (nSPS) is 14.1. The first kappa shape index (κ1) is 15.9. The molecule has 0 bridgehead atoms. The van der Waals surface area contributed by atoms with Gasteiger partial charge < -0.3 is 10.6 Å². The number of carbonyl (C=O) groups is 2. The van der Waals surface area contributed by atoms with Crippen molar-refractivity contribution in [3.05, 3.63) is 0 Å².